The van der Waals surface area contributed by atoms with Crippen LogP contribution in [0.2, 0.25) is 0 Å². The third-order valence-corrected chi connectivity index (χ3v) is 4.39. The van der Waals surface area contributed by atoms with Crippen molar-refractivity contribution in [2.45, 2.75) is 25.8 Å². The van der Waals surface area contributed by atoms with Gasteiger partial charge in [-0.05, 0) is 43.9 Å². The number of nitrogens with zero attached hydrogens (tertiary/aromatic N) is 3. The number of hydrogen-bond acceptors (Lipinski definition) is 3. The Morgan fingerprint density at radius 1 is 1.41 bits per heavy atom. The highest BCUT2D eigenvalue weighted by Gasteiger charge is 2.29. The predicted molar refractivity (Wildman–Crippen MR) is 83.9 cm³/mol. The lowest BCUT2D eigenvalue weighted by atomic mass is 9.93. The van der Waals surface area contributed by atoms with Crippen LogP contribution in [-0.2, 0) is 0 Å². The SMILES string of the molecule is CC1CCC(CO)CN1C(=O)c1cccc(-n2ccnc2)c1. The van der Waals surface area contributed by atoms with Crippen molar-refractivity contribution in [2.24, 2.45) is 5.92 Å². The quantitative estimate of drug-likeness (QED) is 0.944. The fourth-order valence-corrected chi connectivity index (χ4v) is 2.99. The molecule has 0 aliphatic carbocycles. The highest BCUT2D eigenvalue weighted by molar-refractivity contribution is 5.95. The molecule has 22 heavy (non-hydrogen) atoms. The predicted octanol–water partition coefficient (Wildman–Crippen LogP) is 2.11. The summed E-state index contributed by atoms with van der Waals surface area (Å²) >= 11 is 0. The molecule has 1 aromatic carbocycles. The fourth-order valence-electron chi connectivity index (χ4n) is 2.99. The molecule has 2 unspecified atom stereocenters. The number of carbonyl (C=O) groups is 1. The highest BCUT2D eigenvalue weighted by Crippen LogP contribution is 2.24. The van der Waals surface area contributed by atoms with Gasteiger partial charge in [-0.2, -0.15) is 0 Å². The zero-order valence-electron chi connectivity index (χ0n) is 12.7. The van der Waals surface area contributed by atoms with Crippen LogP contribution in [0.1, 0.15) is 30.1 Å². The van der Waals surface area contributed by atoms with Gasteiger partial charge in [-0.15, -0.1) is 0 Å². The standard InChI is InChI=1S/C17H21N3O2/c1-13-5-6-14(11-21)10-20(13)17(22)15-3-2-4-16(9-15)19-8-7-18-12-19/h2-4,7-9,12-14,21H,5-6,10-11H2,1H3. The van der Waals surface area contributed by atoms with Crippen LogP contribution >= 0.6 is 0 Å². The molecule has 0 spiro atoms. The number of carbonyl (C=O) groups excluding carboxylic acids is 1. The number of aromatic nitrogens is 2. The summed E-state index contributed by atoms with van der Waals surface area (Å²) in [4.78, 5) is 18.7. The second-order valence-electron chi connectivity index (χ2n) is 5.95. The molecule has 0 saturated carbocycles. The number of amides is 1. The lowest BCUT2D eigenvalue weighted by Crippen LogP contribution is -2.46. The van der Waals surface area contributed by atoms with Crippen LogP contribution in [0.25, 0.3) is 5.69 Å². The second-order valence-corrected chi connectivity index (χ2v) is 5.95. The van der Waals surface area contributed by atoms with E-state index in [1.54, 1.807) is 12.5 Å². The molecular weight excluding hydrogens is 278 g/mol. The van der Waals surface area contributed by atoms with Gasteiger partial charge in [-0.3, -0.25) is 4.79 Å². The maximum Gasteiger partial charge on any atom is 0.254 e. The molecule has 2 heterocycles. The molecule has 1 aromatic heterocycles. The first-order chi connectivity index (χ1) is 10.7. The molecule has 2 atom stereocenters. The van der Waals surface area contributed by atoms with Gasteiger partial charge in [0.1, 0.15) is 0 Å². The molecule has 1 fully saturated rings. The van der Waals surface area contributed by atoms with Gasteiger partial charge in [0.2, 0.25) is 0 Å². The van der Waals surface area contributed by atoms with Gasteiger partial charge in [0.25, 0.3) is 5.91 Å². The van der Waals surface area contributed by atoms with E-state index in [2.05, 4.69) is 11.9 Å². The molecule has 5 nitrogen and oxygen atoms in total. The van der Waals surface area contributed by atoms with Crippen LogP contribution in [0.3, 0.4) is 0 Å². The Bertz CT molecular complexity index is 639. The topological polar surface area (TPSA) is 58.4 Å². The lowest BCUT2D eigenvalue weighted by Gasteiger charge is -2.37. The summed E-state index contributed by atoms with van der Waals surface area (Å²) in [6, 6.07) is 7.79. The van der Waals surface area contributed by atoms with E-state index in [4.69, 9.17) is 0 Å². The summed E-state index contributed by atoms with van der Waals surface area (Å²) in [7, 11) is 0. The van der Waals surface area contributed by atoms with Crippen LogP contribution in [0.15, 0.2) is 43.0 Å². The third kappa shape index (κ3) is 2.90. The minimum atomic E-state index is 0.0348. The first-order valence-electron chi connectivity index (χ1n) is 7.69. The summed E-state index contributed by atoms with van der Waals surface area (Å²) in [5, 5.41) is 9.37. The van der Waals surface area contributed by atoms with Crippen molar-refractivity contribution in [1.29, 1.82) is 0 Å². The van der Waals surface area contributed by atoms with Crippen molar-refractivity contribution in [1.82, 2.24) is 14.5 Å². The zero-order chi connectivity index (χ0) is 15.5. The largest absolute Gasteiger partial charge is 0.396 e. The van der Waals surface area contributed by atoms with Gasteiger partial charge in [0, 0.05) is 42.8 Å². The number of aliphatic hydroxyl groups excluding tert-OH is 1. The van der Waals surface area contributed by atoms with Gasteiger partial charge in [-0.1, -0.05) is 6.07 Å². The molecule has 1 aliphatic rings. The van der Waals surface area contributed by atoms with Crippen molar-refractivity contribution in [3.05, 3.63) is 48.5 Å². The van der Waals surface area contributed by atoms with Gasteiger partial charge >= 0.3 is 0 Å². The number of hydrogen-bond donors (Lipinski definition) is 1. The summed E-state index contributed by atoms with van der Waals surface area (Å²) in [5.41, 5.74) is 1.60. The van der Waals surface area contributed by atoms with E-state index in [1.165, 1.54) is 0 Å². The van der Waals surface area contributed by atoms with Crippen LogP contribution < -0.4 is 0 Å². The number of benzene rings is 1. The highest BCUT2D eigenvalue weighted by atomic mass is 16.3. The first kappa shape index (κ1) is 14.8. The molecule has 1 N–H and O–H groups in total. The summed E-state index contributed by atoms with van der Waals surface area (Å²) in [5.74, 6) is 0.226. The Kier molecular flexibility index (Phi) is 4.24. The van der Waals surface area contributed by atoms with Crippen molar-refractivity contribution in [3.63, 3.8) is 0 Å². The number of likely N-dealkylation sites (tertiary alicyclic amines) is 1. The summed E-state index contributed by atoms with van der Waals surface area (Å²) in [6.07, 6.45) is 7.21. The van der Waals surface area contributed by atoms with Crippen LogP contribution in [-0.4, -0.2) is 44.7 Å². The van der Waals surface area contributed by atoms with Crippen molar-refractivity contribution in [3.8, 4) is 5.69 Å². The van der Waals surface area contributed by atoms with E-state index >= 15 is 0 Å². The van der Waals surface area contributed by atoms with Gasteiger partial charge < -0.3 is 14.6 Å². The Labute approximate surface area is 130 Å². The molecule has 5 heteroatoms. The lowest BCUT2D eigenvalue weighted by molar-refractivity contribution is 0.0489. The maximum absolute atomic E-state index is 12.8. The molecule has 0 radical (unpaired) electrons. The Morgan fingerprint density at radius 2 is 2.27 bits per heavy atom. The molecule has 116 valence electrons. The Balaban J connectivity index is 1.84. The smallest absolute Gasteiger partial charge is 0.254 e. The average Bonchev–Trinajstić information content (AvgIpc) is 3.09. The van der Waals surface area contributed by atoms with Crippen LogP contribution in [0.4, 0.5) is 0 Å². The van der Waals surface area contributed by atoms with Crippen molar-refractivity contribution in [2.75, 3.05) is 13.2 Å². The van der Waals surface area contributed by atoms with E-state index in [-0.39, 0.29) is 24.5 Å². The number of piperidine rings is 1. The monoisotopic (exact) mass is 299 g/mol. The fraction of sp³-hybridized carbons (Fsp3) is 0.412. The average molecular weight is 299 g/mol. The number of rotatable bonds is 3. The number of aliphatic hydroxyl groups is 1. The van der Waals surface area contributed by atoms with Crippen molar-refractivity contribution >= 4 is 5.91 Å². The minimum Gasteiger partial charge on any atom is -0.396 e. The maximum atomic E-state index is 12.8. The Morgan fingerprint density at radius 3 is 3.00 bits per heavy atom. The first-order valence-corrected chi connectivity index (χ1v) is 7.69. The number of imidazole rings is 1. The normalized spacial score (nSPS) is 21.8. The zero-order valence-corrected chi connectivity index (χ0v) is 12.7. The minimum absolute atomic E-state index is 0.0348. The van der Waals surface area contributed by atoms with E-state index in [9.17, 15) is 9.90 Å². The van der Waals surface area contributed by atoms with E-state index in [1.807, 2.05) is 39.9 Å². The van der Waals surface area contributed by atoms with E-state index in [0.29, 0.717) is 12.1 Å². The van der Waals surface area contributed by atoms with E-state index < -0.39 is 0 Å². The van der Waals surface area contributed by atoms with Gasteiger partial charge in [-0.25, -0.2) is 4.98 Å². The molecule has 3 rings (SSSR count). The Hall–Kier alpha value is -2.14. The molecule has 1 aliphatic heterocycles. The molecule has 1 saturated heterocycles. The summed E-state index contributed by atoms with van der Waals surface area (Å²) in [6.45, 7) is 2.85. The van der Waals surface area contributed by atoms with E-state index in [0.717, 1.165) is 18.5 Å². The van der Waals surface area contributed by atoms with Crippen molar-refractivity contribution < 1.29 is 9.90 Å². The molecule has 0 bridgehead atoms. The third-order valence-electron chi connectivity index (χ3n) is 4.39. The molecule has 1 amide bonds. The van der Waals surface area contributed by atoms with Crippen LogP contribution in [0, 0.1) is 5.92 Å². The van der Waals surface area contributed by atoms with Gasteiger partial charge in [0.15, 0.2) is 0 Å². The van der Waals surface area contributed by atoms with Gasteiger partial charge in [0.05, 0.1) is 6.33 Å². The van der Waals surface area contributed by atoms with Crippen LogP contribution in [0.5, 0.6) is 0 Å². The second kappa shape index (κ2) is 6.32. The molecule has 2 aromatic rings. The molecular formula is C17H21N3O2. The summed E-state index contributed by atoms with van der Waals surface area (Å²) < 4.78 is 1.88.